The molecule has 6 heteroatoms. The Morgan fingerprint density at radius 1 is 1.07 bits per heavy atom. The number of benzene rings is 3. The van der Waals surface area contributed by atoms with Gasteiger partial charge < -0.3 is 15.0 Å². The van der Waals surface area contributed by atoms with Crippen molar-refractivity contribution in [3.63, 3.8) is 0 Å². The van der Waals surface area contributed by atoms with Crippen LogP contribution in [0.5, 0.6) is 5.75 Å². The molecule has 1 aromatic heterocycles. The Hall–Kier alpha value is -3.57. The number of nitrogens with one attached hydrogen (secondary N) is 2. The van der Waals surface area contributed by atoms with Crippen molar-refractivity contribution in [2.24, 2.45) is 0 Å². The van der Waals surface area contributed by atoms with Gasteiger partial charge in [-0.15, -0.1) is 0 Å². The molecule has 0 fully saturated rings. The number of aromatic amines is 1. The number of rotatable bonds is 5. The van der Waals surface area contributed by atoms with E-state index in [4.69, 9.17) is 16.3 Å². The number of carbonyl (C=O) groups is 1. The highest BCUT2D eigenvalue weighted by Gasteiger charge is 2.14. The van der Waals surface area contributed by atoms with Gasteiger partial charge in [-0.2, -0.15) is 0 Å². The van der Waals surface area contributed by atoms with Gasteiger partial charge >= 0.3 is 0 Å². The van der Waals surface area contributed by atoms with Gasteiger partial charge in [0.15, 0.2) is 5.82 Å². The summed E-state index contributed by atoms with van der Waals surface area (Å²) in [6.07, 6.45) is 1.83. The van der Waals surface area contributed by atoms with Gasteiger partial charge in [-0.1, -0.05) is 48.0 Å². The van der Waals surface area contributed by atoms with Gasteiger partial charge in [0.25, 0.3) is 5.91 Å². The first kappa shape index (κ1) is 18.8. The van der Waals surface area contributed by atoms with Crippen molar-refractivity contribution in [2.75, 3.05) is 7.11 Å². The molecule has 1 heterocycles. The maximum atomic E-state index is 12.8. The molecule has 0 bridgehead atoms. The number of H-pyrrole nitrogens is 1. The number of aromatic nitrogens is 2. The summed E-state index contributed by atoms with van der Waals surface area (Å²) in [6, 6.07) is 22.0. The van der Waals surface area contributed by atoms with Gasteiger partial charge in [0.1, 0.15) is 5.75 Å². The molecular formula is C23H18ClN3O2. The Labute approximate surface area is 173 Å². The second kappa shape index (κ2) is 8.20. The summed E-state index contributed by atoms with van der Waals surface area (Å²) in [4.78, 5) is 20.6. The molecule has 4 aromatic rings. The van der Waals surface area contributed by atoms with E-state index in [0.717, 1.165) is 16.6 Å². The third-order valence-electron chi connectivity index (χ3n) is 4.42. The summed E-state index contributed by atoms with van der Waals surface area (Å²) >= 11 is 6.09. The molecule has 0 saturated carbocycles. The first-order valence-corrected chi connectivity index (χ1v) is 9.38. The van der Waals surface area contributed by atoms with E-state index in [1.807, 2.05) is 54.6 Å². The van der Waals surface area contributed by atoms with E-state index in [2.05, 4.69) is 15.3 Å². The second-order valence-corrected chi connectivity index (χ2v) is 6.80. The molecule has 0 spiro atoms. The van der Waals surface area contributed by atoms with E-state index < -0.39 is 0 Å². The van der Waals surface area contributed by atoms with Crippen LogP contribution in [0.4, 0.5) is 0 Å². The van der Waals surface area contributed by atoms with Crippen LogP contribution in [-0.4, -0.2) is 23.0 Å². The van der Waals surface area contributed by atoms with Crippen LogP contribution in [0, 0.1) is 0 Å². The topological polar surface area (TPSA) is 67.0 Å². The van der Waals surface area contributed by atoms with Gasteiger partial charge in [0, 0.05) is 16.1 Å². The molecule has 0 radical (unpaired) electrons. The van der Waals surface area contributed by atoms with Crippen molar-refractivity contribution in [1.29, 1.82) is 0 Å². The molecule has 0 atom stereocenters. The third kappa shape index (κ3) is 4.15. The number of amides is 1. The van der Waals surface area contributed by atoms with Crippen LogP contribution in [0.1, 0.15) is 21.7 Å². The third-order valence-corrected chi connectivity index (χ3v) is 4.66. The molecule has 0 aliphatic rings. The Bertz CT molecular complexity index is 1200. The number of nitrogens with zero attached hydrogens (tertiary/aromatic N) is 1. The van der Waals surface area contributed by atoms with Crippen LogP contribution >= 0.6 is 11.6 Å². The predicted octanol–water partition coefficient (Wildman–Crippen LogP) is 5.15. The van der Waals surface area contributed by atoms with E-state index >= 15 is 0 Å². The minimum atomic E-state index is -0.231. The summed E-state index contributed by atoms with van der Waals surface area (Å²) < 4.78 is 5.44. The number of fused-ring (bicyclic) bond motifs is 1. The molecular weight excluding hydrogens is 386 g/mol. The van der Waals surface area contributed by atoms with Crippen molar-refractivity contribution in [2.45, 2.75) is 0 Å². The van der Waals surface area contributed by atoms with Crippen LogP contribution in [0.15, 0.2) is 72.8 Å². The summed E-state index contributed by atoms with van der Waals surface area (Å²) in [5, 5.41) is 3.57. The number of methoxy groups -OCH3 is 1. The van der Waals surface area contributed by atoms with Gasteiger partial charge in [0.05, 0.1) is 23.8 Å². The van der Waals surface area contributed by atoms with Crippen LogP contribution in [0.25, 0.3) is 22.8 Å². The summed E-state index contributed by atoms with van der Waals surface area (Å²) in [7, 11) is 1.61. The highest BCUT2D eigenvalue weighted by molar-refractivity contribution is 6.31. The summed E-state index contributed by atoms with van der Waals surface area (Å²) in [5.74, 6) is 0.987. The van der Waals surface area contributed by atoms with Crippen LogP contribution in [0.2, 0.25) is 5.02 Å². The average molecular weight is 404 g/mol. The summed E-state index contributed by atoms with van der Waals surface area (Å²) in [5.41, 5.74) is 3.43. The number of para-hydroxylation sites is 1. The number of hydrogen-bond donors (Lipinski definition) is 2. The number of ether oxygens (including phenoxy) is 1. The molecule has 0 aliphatic carbocycles. The van der Waals surface area contributed by atoms with Crippen LogP contribution in [0.3, 0.4) is 0 Å². The van der Waals surface area contributed by atoms with Gasteiger partial charge in [0.2, 0.25) is 0 Å². The fourth-order valence-electron chi connectivity index (χ4n) is 3.00. The maximum absolute atomic E-state index is 12.8. The molecule has 0 unspecified atom stereocenters. The maximum Gasteiger partial charge on any atom is 0.255 e. The zero-order valence-electron chi connectivity index (χ0n) is 15.6. The van der Waals surface area contributed by atoms with E-state index in [1.54, 1.807) is 31.4 Å². The molecule has 29 heavy (non-hydrogen) atoms. The number of hydrogen-bond acceptors (Lipinski definition) is 3. The Morgan fingerprint density at radius 2 is 1.83 bits per heavy atom. The monoisotopic (exact) mass is 403 g/mol. The molecule has 1 amide bonds. The molecule has 3 aromatic carbocycles. The minimum Gasteiger partial charge on any atom is -0.496 e. The van der Waals surface area contributed by atoms with Crippen molar-refractivity contribution >= 4 is 40.3 Å². The van der Waals surface area contributed by atoms with Gasteiger partial charge in [-0.05, 0) is 42.5 Å². The summed E-state index contributed by atoms with van der Waals surface area (Å²) in [6.45, 7) is 0. The number of carbonyl (C=O) groups excluding carboxylic acids is 1. The lowest BCUT2D eigenvalue weighted by Gasteiger charge is -2.10. The average Bonchev–Trinajstić information content (AvgIpc) is 3.17. The van der Waals surface area contributed by atoms with Crippen molar-refractivity contribution in [1.82, 2.24) is 15.3 Å². The normalized spacial score (nSPS) is 11.4. The molecule has 0 aliphatic heterocycles. The lowest BCUT2D eigenvalue weighted by Crippen LogP contribution is -2.22. The Balaban J connectivity index is 1.79. The van der Waals surface area contributed by atoms with E-state index in [0.29, 0.717) is 27.9 Å². The number of imidazole rings is 1. The second-order valence-electron chi connectivity index (χ2n) is 6.37. The largest absolute Gasteiger partial charge is 0.496 e. The Morgan fingerprint density at radius 3 is 2.62 bits per heavy atom. The highest BCUT2D eigenvalue weighted by atomic mass is 35.5. The highest BCUT2D eigenvalue weighted by Crippen LogP contribution is 2.25. The van der Waals surface area contributed by atoms with E-state index in [-0.39, 0.29) is 5.91 Å². The van der Waals surface area contributed by atoms with Gasteiger partial charge in [-0.3, -0.25) is 4.79 Å². The number of halogens is 1. The quantitative estimate of drug-likeness (QED) is 0.484. The van der Waals surface area contributed by atoms with Gasteiger partial charge in [-0.25, -0.2) is 4.98 Å². The molecule has 144 valence electrons. The molecule has 0 saturated heterocycles. The molecule has 2 N–H and O–H groups in total. The fourth-order valence-corrected chi connectivity index (χ4v) is 3.17. The lowest BCUT2D eigenvalue weighted by atomic mass is 10.1. The standard InChI is InChI=1S/C23H18ClN3O2/c1-29-21-10-6-5-9-16(21)13-20(27-23(28)15-7-3-2-4-8-15)22-25-18-12-11-17(24)14-19(18)26-22/h2-14H,1H3,(H,25,26)(H,27,28)/b20-13-. The smallest absolute Gasteiger partial charge is 0.255 e. The fraction of sp³-hybridized carbons (Fsp3) is 0.0435. The van der Waals surface area contributed by atoms with E-state index in [1.165, 1.54) is 0 Å². The van der Waals surface area contributed by atoms with Crippen LogP contribution < -0.4 is 10.1 Å². The minimum absolute atomic E-state index is 0.231. The SMILES string of the molecule is COc1ccccc1/C=C(\NC(=O)c1ccccc1)c1nc2ccc(Cl)cc2[nH]1. The lowest BCUT2D eigenvalue weighted by molar-refractivity contribution is 0.0973. The van der Waals surface area contributed by atoms with Crippen molar-refractivity contribution in [3.8, 4) is 5.75 Å². The zero-order valence-corrected chi connectivity index (χ0v) is 16.4. The predicted molar refractivity (Wildman–Crippen MR) is 116 cm³/mol. The first-order valence-electron chi connectivity index (χ1n) is 9.01. The Kier molecular flexibility index (Phi) is 5.31. The van der Waals surface area contributed by atoms with Crippen LogP contribution in [-0.2, 0) is 0 Å². The first-order chi connectivity index (χ1) is 14.1. The zero-order chi connectivity index (χ0) is 20.2. The van der Waals surface area contributed by atoms with E-state index in [9.17, 15) is 4.79 Å². The van der Waals surface area contributed by atoms with Crippen molar-refractivity contribution in [3.05, 3.63) is 94.8 Å². The van der Waals surface area contributed by atoms with Crippen molar-refractivity contribution < 1.29 is 9.53 Å². The molecule has 4 rings (SSSR count). The molecule has 5 nitrogen and oxygen atoms in total.